The lowest BCUT2D eigenvalue weighted by molar-refractivity contribution is 0.0696. The molecule has 0 aliphatic heterocycles. The summed E-state index contributed by atoms with van der Waals surface area (Å²) in [6.07, 6.45) is 2.39. The van der Waals surface area contributed by atoms with Gasteiger partial charge >= 0.3 is 5.97 Å². The number of hydrogen-bond acceptors (Lipinski definition) is 2. The van der Waals surface area contributed by atoms with Crippen LogP contribution in [-0.2, 0) is 0 Å². The summed E-state index contributed by atoms with van der Waals surface area (Å²) in [4.78, 5) is 11.9. The van der Waals surface area contributed by atoms with E-state index in [0.717, 1.165) is 11.3 Å². The fourth-order valence-corrected chi connectivity index (χ4v) is 2.37. The van der Waals surface area contributed by atoms with E-state index in [1.807, 2.05) is 13.0 Å². The molecule has 1 aromatic rings. The molecule has 0 unspecified atom stereocenters. The molecule has 3 heteroatoms. The number of rotatable bonds is 5. The third-order valence-corrected chi connectivity index (χ3v) is 3.44. The summed E-state index contributed by atoms with van der Waals surface area (Å²) < 4.78 is 0. The molecule has 82 valence electrons. The molecule has 0 amide bonds. The van der Waals surface area contributed by atoms with Gasteiger partial charge in [0, 0.05) is 4.90 Å². The molecule has 0 saturated heterocycles. The van der Waals surface area contributed by atoms with Crippen molar-refractivity contribution in [1.29, 1.82) is 0 Å². The number of carboxylic acids is 1. The van der Waals surface area contributed by atoms with Crippen molar-refractivity contribution in [2.24, 2.45) is 0 Å². The third kappa shape index (κ3) is 3.59. The predicted molar refractivity (Wildman–Crippen MR) is 63.8 cm³/mol. The zero-order valence-electron chi connectivity index (χ0n) is 9.12. The second kappa shape index (κ2) is 5.81. The molecule has 0 fully saturated rings. The van der Waals surface area contributed by atoms with E-state index >= 15 is 0 Å². The van der Waals surface area contributed by atoms with Crippen LogP contribution in [0.5, 0.6) is 0 Å². The molecule has 0 bridgehead atoms. The van der Waals surface area contributed by atoms with Gasteiger partial charge in [0.2, 0.25) is 0 Å². The molecule has 0 heterocycles. The van der Waals surface area contributed by atoms with Gasteiger partial charge < -0.3 is 5.11 Å². The number of thioether (sulfide) groups is 1. The second-order valence-corrected chi connectivity index (χ2v) is 4.62. The van der Waals surface area contributed by atoms with Gasteiger partial charge in [0.25, 0.3) is 0 Å². The highest BCUT2D eigenvalue weighted by Crippen LogP contribution is 2.24. The Morgan fingerprint density at radius 2 is 2.20 bits per heavy atom. The topological polar surface area (TPSA) is 37.3 Å². The van der Waals surface area contributed by atoms with Crippen molar-refractivity contribution in [3.63, 3.8) is 0 Å². The quantitative estimate of drug-likeness (QED) is 0.613. The molecule has 0 aromatic heterocycles. The lowest BCUT2D eigenvalue weighted by Gasteiger charge is -2.05. The van der Waals surface area contributed by atoms with Crippen molar-refractivity contribution >= 4 is 17.7 Å². The maximum atomic E-state index is 10.7. The van der Waals surface area contributed by atoms with Crippen LogP contribution in [0.1, 0.15) is 35.7 Å². The van der Waals surface area contributed by atoms with Gasteiger partial charge in [-0.1, -0.05) is 13.3 Å². The molecule has 0 radical (unpaired) electrons. The molecule has 0 saturated carbocycles. The van der Waals surface area contributed by atoms with Crippen molar-refractivity contribution in [3.8, 4) is 0 Å². The first-order valence-electron chi connectivity index (χ1n) is 5.12. The van der Waals surface area contributed by atoms with E-state index in [4.69, 9.17) is 5.11 Å². The maximum Gasteiger partial charge on any atom is 0.335 e. The highest BCUT2D eigenvalue weighted by Gasteiger charge is 2.05. The summed E-state index contributed by atoms with van der Waals surface area (Å²) in [6, 6.07) is 5.30. The van der Waals surface area contributed by atoms with Gasteiger partial charge in [0.05, 0.1) is 5.56 Å². The lowest BCUT2D eigenvalue weighted by Crippen LogP contribution is -1.96. The standard InChI is InChI=1S/C12H16O2S/c1-3-4-7-15-11-6-5-10(12(13)14)8-9(11)2/h5-6,8H,3-4,7H2,1-2H3,(H,13,14). The molecule has 0 aliphatic rings. The van der Waals surface area contributed by atoms with E-state index in [-0.39, 0.29) is 0 Å². The SMILES string of the molecule is CCCCSc1ccc(C(=O)O)cc1C. The monoisotopic (exact) mass is 224 g/mol. The minimum absolute atomic E-state index is 0.368. The van der Waals surface area contributed by atoms with Crippen LogP contribution in [-0.4, -0.2) is 16.8 Å². The van der Waals surface area contributed by atoms with E-state index < -0.39 is 5.97 Å². The molecule has 15 heavy (non-hydrogen) atoms. The summed E-state index contributed by atoms with van der Waals surface area (Å²) in [5, 5.41) is 8.81. The highest BCUT2D eigenvalue weighted by molar-refractivity contribution is 7.99. The molecule has 1 aromatic carbocycles. The van der Waals surface area contributed by atoms with Crippen molar-refractivity contribution in [2.75, 3.05) is 5.75 Å². The van der Waals surface area contributed by atoms with Crippen molar-refractivity contribution in [3.05, 3.63) is 29.3 Å². The summed E-state index contributed by atoms with van der Waals surface area (Å²) in [5.74, 6) is 0.243. The van der Waals surface area contributed by atoms with Crippen LogP contribution in [0.4, 0.5) is 0 Å². The van der Waals surface area contributed by atoms with E-state index in [9.17, 15) is 4.79 Å². The second-order valence-electron chi connectivity index (χ2n) is 3.49. The van der Waals surface area contributed by atoms with Gasteiger partial charge in [-0.3, -0.25) is 0 Å². The Bertz CT molecular complexity index is 347. The average Bonchev–Trinajstić information content (AvgIpc) is 2.20. The van der Waals surface area contributed by atoms with Gasteiger partial charge in [-0.2, -0.15) is 0 Å². The molecule has 0 aliphatic carbocycles. The lowest BCUT2D eigenvalue weighted by atomic mass is 10.1. The molecular weight excluding hydrogens is 208 g/mol. The van der Waals surface area contributed by atoms with Crippen LogP contribution in [0.25, 0.3) is 0 Å². The van der Waals surface area contributed by atoms with Gasteiger partial charge in [-0.05, 0) is 42.9 Å². The van der Waals surface area contributed by atoms with Crippen molar-refractivity contribution < 1.29 is 9.90 Å². The fraction of sp³-hybridized carbons (Fsp3) is 0.417. The Balaban J connectivity index is 2.70. The number of unbranched alkanes of at least 4 members (excludes halogenated alkanes) is 1. The third-order valence-electron chi connectivity index (χ3n) is 2.18. The highest BCUT2D eigenvalue weighted by atomic mass is 32.2. The first-order valence-corrected chi connectivity index (χ1v) is 6.10. The Labute approximate surface area is 94.7 Å². The molecular formula is C12H16O2S. The number of benzene rings is 1. The van der Waals surface area contributed by atoms with Crippen LogP contribution >= 0.6 is 11.8 Å². The average molecular weight is 224 g/mol. The first kappa shape index (κ1) is 12.1. The molecule has 1 rings (SSSR count). The summed E-state index contributed by atoms with van der Waals surface area (Å²) in [5.41, 5.74) is 1.42. The van der Waals surface area contributed by atoms with E-state index in [0.29, 0.717) is 5.56 Å². The van der Waals surface area contributed by atoms with E-state index in [1.165, 1.54) is 17.7 Å². The fourth-order valence-electron chi connectivity index (χ4n) is 1.27. The number of carbonyl (C=O) groups is 1. The smallest absolute Gasteiger partial charge is 0.335 e. The Morgan fingerprint density at radius 3 is 2.73 bits per heavy atom. The number of aromatic carboxylic acids is 1. The first-order chi connectivity index (χ1) is 7.15. The van der Waals surface area contributed by atoms with Crippen LogP contribution in [0.15, 0.2) is 23.1 Å². The number of carboxylic acid groups (broad SMARTS) is 1. The minimum Gasteiger partial charge on any atom is -0.478 e. The maximum absolute atomic E-state index is 10.7. The Hall–Kier alpha value is -0.960. The predicted octanol–water partition coefficient (Wildman–Crippen LogP) is 3.59. The largest absolute Gasteiger partial charge is 0.478 e. The van der Waals surface area contributed by atoms with E-state index in [1.54, 1.807) is 23.9 Å². The molecule has 0 atom stereocenters. The van der Waals surface area contributed by atoms with Crippen molar-refractivity contribution in [2.45, 2.75) is 31.6 Å². The number of hydrogen-bond donors (Lipinski definition) is 1. The van der Waals surface area contributed by atoms with Gasteiger partial charge in [-0.25, -0.2) is 4.79 Å². The zero-order valence-corrected chi connectivity index (χ0v) is 9.93. The van der Waals surface area contributed by atoms with Gasteiger partial charge in [0.1, 0.15) is 0 Å². The van der Waals surface area contributed by atoms with Crippen LogP contribution in [0.2, 0.25) is 0 Å². The minimum atomic E-state index is -0.858. The molecule has 1 N–H and O–H groups in total. The summed E-state index contributed by atoms with van der Waals surface area (Å²) in [6.45, 7) is 4.13. The van der Waals surface area contributed by atoms with Crippen LogP contribution in [0, 0.1) is 6.92 Å². The van der Waals surface area contributed by atoms with Gasteiger partial charge in [0.15, 0.2) is 0 Å². The normalized spacial score (nSPS) is 10.3. The van der Waals surface area contributed by atoms with Gasteiger partial charge in [-0.15, -0.1) is 11.8 Å². The van der Waals surface area contributed by atoms with Crippen molar-refractivity contribution in [1.82, 2.24) is 0 Å². The molecule has 2 nitrogen and oxygen atoms in total. The summed E-state index contributed by atoms with van der Waals surface area (Å²) >= 11 is 1.80. The summed E-state index contributed by atoms with van der Waals surface area (Å²) in [7, 11) is 0. The van der Waals surface area contributed by atoms with Crippen LogP contribution in [0.3, 0.4) is 0 Å². The number of aryl methyl sites for hydroxylation is 1. The zero-order chi connectivity index (χ0) is 11.3. The molecule has 0 spiro atoms. The van der Waals surface area contributed by atoms with E-state index in [2.05, 4.69) is 6.92 Å². The Kier molecular flexibility index (Phi) is 4.69. The Morgan fingerprint density at radius 1 is 1.47 bits per heavy atom. The van der Waals surface area contributed by atoms with Crippen LogP contribution < -0.4 is 0 Å².